The van der Waals surface area contributed by atoms with Crippen LogP contribution in [-0.2, 0) is 11.3 Å². The van der Waals surface area contributed by atoms with Gasteiger partial charge in [0.1, 0.15) is 11.6 Å². The van der Waals surface area contributed by atoms with E-state index < -0.39 is 0 Å². The first-order chi connectivity index (χ1) is 20.2. The van der Waals surface area contributed by atoms with E-state index in [2.05, 4.69) is 54.1 Å². The Balaban J connectivity index is 1.17. The number of benzene rings is 2. The van der Waals surface area contributed by atoms with Crippen LogP contribution in [0.5, 0.6) is 0 Å². The minimum absolute atomic E-state index is 0.0655. The van der Waals surface area contributed by atoms with Crippen molar-refractivity contribution in [2.75, 3.05) is 31.6 Å². The summed E-state index contributed by atoms with van der Waals surface area (Å²) in [4.78, 5) is 11.6. The highest BCUT2D eigenvalue weighted by atomic mass is 19.1. The molecule has 0 bridgehead atoms. The van der Waals surface area contributed by atoms with E-state index in [0.29, 0.717) is 12.0 Å². The summed E-state index contributed by atoms with van der Waals surface area (Å²) in [6.07, 6.45) is 5.70. The van der Waals surface area contributed by atoms with Crippen LogP contribution in [0, 0.1) is 5.82 Å². The Morgan fingerprint density at radius 3 is 2.61 bits per heavy atom. The summed E-state index contributed by atoms with van der Waals surface area (Å²) in [5, 5.41) is 12.7. The molecular weight excluding hydrogens is 517 g/mol. The molecule has 0 radical (unpaired) electrons. The molecule has 5 heterocycles. The van der Waals surface area contributed by atoms with Crippen molar-refractivity contribution in [3.8, 4) is 11.3 Å². The zero-order valence-electron chi connectivity index (χ0n) is 22.7. The lowest BCUT2D eigenvalue weighted by atomic mass is 9.88. The molecule has 0 saturated carbocycles. The number of hydrogen-bond donors (Lipinski definition) is 1. The fourth-order valence-electron chi connectivity index (χ4n) is 6.13. The van der Waals surface area contributed by atoms with Crippen LogP contribution >= 0.6 is 0 Å². The lowest BCUT2D eigenvalue weighted by molar-refractivity contribution is 0.0903. The number of nitrogens with zero attached hydrogens (tertiary/aromatic N) is 6. The third-order valence-electron chi connectivity index (χ3n) is 8.20. The van der Waals surface area contributed by atoms with Crippen molar-refractivity contribution in [3.05, 3.63) is 108 Å². The minimum atomic E-state index is -0.214. The Labute approximate surface area is 238 Å². The molecule has 2 atom stereocenters. The van der Waals surface area contributed by atoms with Gasteiger partial charge in [0, 0.05) is 68.7 Å². The lowest BCUT2D eigenvalue weighted by Gasteiger charge is -2.23. The van der Waals surface area contributed by atoms with Crippen molar-refractivity contribution < 1.29 is 9.13 Å². The van der Waals surface area contributed by atoms with Gasteiger partial charge in [-0.2, -0.15) is 0 Å². The van der Waals surface area contributed by atoms with Crippen molar-refractivity contribution in [2.24, 2.45) is 0 Å². The Morgan fingerprint density at radius 2 is 1.76 bits per heavy atom. The van der Waals surface area contributed by atoms with Crippen molar-refractivity contribution in [3.63, 3.8) is 0 Å². The molecule has 2 unspecified atom stereocenters. The van der Waals surface area contributed by atoms with Crippen LogP contribution in [0.15, 0.2) is 85.2 Å². The highest BCUT2D eigenvalue weighted by molar-refractivity contribution is 5.64. The highest BCUT2D eigenvalue weighted by Gasteiger charge is 2.37. The maximum absolute atomic E-state index is 14.3. The second-order valence-corrected chi connectivity index (χ2v) is 10.9. The van der Waals surface area contributed by atoms with Crippen molar-refractivity contribution >= 4 is 11.6 Å². The zero-order valence-corrected chi connectivity index (χ0v) is 22.7. The molecule has 41 heavy (non-hydrogen) atoms. The Kier molecular flexibility index (Phi) is 7.12. The topological polar surface area (TPSA) is 80.5 Å². The van der Waals surface area contributed by atoms with Gasteiger partial charge in [-0.25, -0.2) is 14.4 Å². The summed E-state index contributed by atoms with van der Waals surface area (Å²) in [6.45, 7) is 3.98. The number of aromatic nitrogens is 5. The number of ether oxygens (including phenoxy) is 1. The zero-order chi connectivity index (χ0) is 27.6. The summed E-state index contributed by atoms with van der Waals surface area (Å²) in [6, 6.07) is 23.7. The van der Waals surface area contributed by atoms with E-state index in [9.17, 15) is 4.39 Å². The summed E-state index contributed by atoms with van der Waals surface area (Å²) < 4.78 is 21.8. The number of likely N-dealkylation sites (tertiary alicyclic amines) is 1. The minimum Gasteiger partial charge on any atom is -0.381 e. The molecule has 2 saturated heterocycles. The van der Waals surface area contributed by atoms with Gasteiger partial charge in [-0.1, -0.05) is 42.5 Å². The van der Waals surface area contributed by atoms with Crippen molar-refractivity contribution in [1.82, 2.24) is 29.5 Å². The predicted octanol–water partition coefficient (Wildman–Crippen LogP) is 5.30. The quantitative estimate of drug-likeness (QED) is 0.295. The summed E-state index contributed by atoms with van der Waals surface area (Å²) in [5.74, 6) is 1.46. The second-order valence-electron chi connectivity index (χ2n) is 10.9. The van der Waals surface area contributed by atoms with Gasteiger partial charge in [0.05, 0.1) is 5.69 Å². The molecule has 2 fully saturated rings. The standard InChI is InChI=1S/C32H32FN7O/c33-25-8-4-7-23(17-25)27-20-39(19-22-5-2-1-3-6-22)21-28(27)31-38-37-30-18-24(10-14-40(30)31)29-9-13-34-32(36-29)35-26-11-15-41-16-12-26/h1-10,13-14,17-18,26-28H,11-12,15-16,19-21H2,(H,34,35,36). The highest BCUT2D eigenvalue weighted by Crippen LogP contribution is 2.40. The van der Waals surface area contributed by atoms with E-state index in [1.165, 1.54) is 11.6 Å². The Hall–Kier alpha value is -4.21. The van der Waals surface area contributed by atoms with Crippen LogP contribution in [0.25, 0.3) is 16.9 Å². The normalized spacial score (nSPS) is 20.0. The number of halogens is 1. The molecule has 5 aromatic rings. The van der Waals surface area contributed by atoms with E-state index in [-0.39, 0.29) is 17.7 Å². The summed E-state index contributed by atoms with van der Waals surface area (Å²) in [7, 11) is 0. The van der Waals surface area contributed by atoms with Crippen LogP contribution in [-0.4, -0.2) is 61.8 Å². The van der Waals surface area contributed by atoms with E-state index in [1.54, 1.807) is 18.3 Å². The first-order valence-corrected chi connectivity index (χ1v) is 14.2. The van der Waals surface area contributed by atoms with E-state index >= 15 is 0 Å². The first kappa shape index (κ1) is 25.7. The third kappa shape index (κ3) is 5.55. The van der Waals surface area contributed by atoms with Gasteiger partial charge in [0.2, 0.25) is 5.95 Å². The van der Waals surface area contributed by atoms with Crippen LogP contribution in [0.2, 0.25) is 0 Å². The second kappa shape index (κ2) is 11.3. The van der Waals surface area contributed by atoms with E-state index in [4.69, 9.17) is 9.72 Å². The van der Waals surface area contributed by atoms with Crippen LogP contribution in [0.3, 0.4) is 0 Å². The Bertz CT molecular complexity index is 1640. The fraction of sp³-hybridized carbons (Fsp3) is 0.312. The monoisotopic (exact) mass is 549 g/mol. The summed E-state index contributed by atoms with van der Waals surface area (Å²) >= 11 is 0. The molecule has 0 amide bonds. The number of pyridine rings is 1. The molecule has 3 aromatic heterocycles. The van der Waals surface area contributed by atoms with Gasteiger partial charge < -0.3 is 10.1 Å². The van der Waals surface area contributed by atoms with E-state index in [0.717, 1.165) is 74.0 Å². The first-order valence-electron chi connectivity index (χ1n) is 14.2. The fourth-order valence-corrected chi connectivity index (χ4v) is 6.13. The smallest absolute Gasteiger partial charge is 0.223 e. The number of nitrogens with one attached hydrogen (secondary N) is 1. The van der Waals surface area contributed by atoms with Crippen LogP contribution in [0.4, 0.5) is 10.3 Å². The number of rotatable bonds is 7. The molecule has 2 aromatic carbocycles. The molecule has 0 spiro atoms. The van der Waals surface area contributed by atoms with Crippen LogP contribution in [0.1, 0.15) is 41.6 Å². The molecule has 2 aliphatic rings. The molecular formula is C32H32FN7O. The molecule has 7 rings (SSSR count). The van der Waals surface area contributed by atoms with Crippen molar-refractivity contribution in [1.29, 1.82) is 0 Å². The molecule has 8 nitrogen and oxygen atoms in total. The van der Waals surface area contributed by atoms with Gasteiger partial charge in [-0.15, -0.1) is 10.2 Å². The average Bonchev–Trinajstić information content (AvgIpc) is 3.62. The average molecular weight is 550 g/mol. The van der Waals surface area contributed by atoms with Gasteiger partial charge in [-0.05, 0) is 54.3 Å². The molecule has 0 aliphatic carbocycles. The third-order valence-corrected chi connectivity index (χ3v) is 8.20. The van der Waals surface area contributed by atoms with Gasteiger partial charge in [0.25, 0.3) is 0 Å². The molecule has 1 N–H and O–H groups in total. The van der Waals surface area contributed by atoms with Crippen molar-refractivity contribution in [2.45, 2.75) is 37.3 Å². The van der Waals surface area contributed by atoms with Gasteiger partial charge in [0.15, 0.2) is 5.65 Å². The molecule has 208 valence electrons. The van der Waals surface area contributed by atoms with Crippen LogP contribution < -0.4 is 5.32 Å². The molecule has 2 aliphatic heterocycles. The maximum Gasteiger partial charge on any atom is 0.223 e. The summed E-state index contributed by atoms with van der Waals surface area (Å²) in [5.41, 5.74) is 4.79. The number of hydrogen-bond acceptors (Lipinski definition) is 7. The largest absolute Gasteiger partial charge is 0.381 e. The Morgan fingerprint density at radius 1 is 0.902 bits per heavy atom. The molecule has 9 heteroatoms. The number of anilines is 1. The van der Waals surface area contributed by atoms with Gasteiger partial charge in [-0.3, -0.25) is 9.30 Å². The van der Waals surface area contributed by atoms with E-state index in [1.807, 2.05) is 36.5 Å². The van der Waals surface area contributed by atoms with Gasteiger partial charge >= 0.3 is 0 Å². The SMILES string of the molecule is Fc1cccc(C2CN(Cc3ccccc3)CC2c2nnc3cc(-c4ccnc(NC5CCOCC5)n4)ccn23)c1. The number of fused-ring (bicyclic) bond motifs is 1. The predicted molar refractivity (Wildman–Crippen MR) is 155 cm³/mol. The maximum atomic E-state index is 14.3. The lowest BCUT2D eigenvalue weighted by Crippen LogP contribution is -2.28.